The first kappa shape index (κ1) is 22.0. The molecule has 164 valence electrons. The second-order valence-electron chi connectivity index (χ2n) is 6.86. The van der Waals surface area contributed by atoms with Gasteiger partial charge in [-0.1, -0.05) is 42.1 Å². The average Bonchev–Trinajstić information content (AvgIpc) is 3.44. The number of hydrogen-bond donors (Lipinski definition) is 1. The highest BCUT2D eigenvalue weighted by Crippen LogP contribution is 2.31. The molecule has 4 rings (SSSR count). The van der Waals surface area contributed by atoms with E-state index in [1.165, 1.54) is 23.1 Å². The van der Waals surface area contributed by atoms with Crippen molar-refractivity contribution in [2.45, 2.75) is 31.2 Å². The van der Waals surface area contributed by atoms with E-state index < -0.39 is 0 Å². The van der Waals surface area contributed by atoms with Crippen molar-refractivity contribution in [1.82, 2.24) is 15.2 Å². The van der Waals surface area contributed by atoms with Crippen LogP contribution in [0.2, 0.25) is 0 Å². The molecule has 0 spiro atoms. The van der Waals surface area contributed by atoms with Gasteiger partial charge < -0.3 is 14.5 Å². The number of thiazole rings is 1. The average molecular weight is 467 g/mol. The Morgan fingerprint density at radius 2 is 1.97 bits per heavy atom. The van der Waals surface area contributed by atoms with Crippen molar-refractivity contribution in [1.29, 1.82) is 0 Å². The molecule has 4 aromatic rings. The van der Waals surface area contributed by atoms with Crippen molar-refractivity contribution < 1.29 is 13.9 Å². The minimum atomic E-state index is -0.0811. The number of carbonyl (C=O) groups is 1. The molecule has 0 aliphatic carbocycles. The molecule has 0 saturated carbocycles. The predicted molar refractivity (Wildman–Crippen MR) is 126 cm³/mol. The Morgan fingerprint density at radius 1 is 1.16 bits per heavy atom. The monoisotopic (exact) mass is 466 g/mol. The third-order valence-corrected chi connectivity index (χ3v) is 6.25. The number of amides is 1. The molecular weight excluding hydrogens is 444 g/mol. The molecule has 0 fully saturated rings. The quantitative estimate of drug-likeness (QED) is 0.332. The Hall–Kier alpha value is -3.17. The van der Waals surface area contributed by atoms with Crippen LogP contribution in [0.5, 0.6) is 5.75 Å². The largest absolute Gasteiger partial charge is 0.493 e. The van der Waals surface area contributed by atoms with Gasteiger partial charge in [0.1, 0.15) is 10.8 Å². The third kappa shape index (κ3) is 5.54. The lowest BCUT2D eigenvalue weighted by Crippen LogP contribution is -2.15. The minimum Gasteiger partial charge on any atom is -0.493 e. The highest BCUT2D eigenvalue weighted by atomic mass is 32.2. The van der Waals surface area contributed by atoms with Gasteiger partial charge in [-0.2, -0.15) is 0 Å². The second kappa shape index (κ2) is 10.4. The fraction of sp³-hybridized carbons (Fsp3) is 0.217. The zero-order valence-corrected chi connectivity index (χ0v) is 19.3. The number of benzene rings is 2. The molecule has 0 aliphatic heterocycles. The topological polar surface area (TPSA) is 90.1 Å². The number of hydrogen-bond acceptors (Lipinski definition) is 8. The smallest absolute Gasteiger partial charge is 0.277 e. The van der Waals surface area contributed by atoms with E-state index in [1.807, 2.05) is 67.8 Å². The van der Waals surface area contributed by atoms with Crippen molar-refractivity contribution in [3.8, 4) is 17.2 Å². The van der Waals surface area contributed by atoms with Gasteiger partial charge in [0.15, 0.2) is 0 Å². The maximum Gasteiger partial charge on any atom is 0.277 e. The Labute approximate surface area is 194 Å². The number of aryl methyl sites for hydroxylation is 1. The number of carbonyl (C=O) groups excluding carboxylic acids is 1. The van der Waals surface area contributed by atoms with Gasteiger partial charge in [-0.25, -0.2) is 4.98 Å². The van der Waals surface area contributed by atoms with Gasteiger partial charge in [0.05, 0.1) is 24.3 Å². The SMILES string of the molecule is CCOc1ccccc1-c1nnc(SCc2csc(CC(=O)Nc3ccccc3C)n2)o1. The molecule has 9 heteroatoms. The van der Waals surface area contributed by atoms with Gasteiger partial charge >= 0.3 is 0 Å². The zero-order valence-electron chi connectivity index (χ0n) is 17.7. The van der Waals surface area contributed by atoms with Crippen LogP contribution in [0.25, 0.3) is 11.5 Å². The predicted octanol–water partition coefficient (Wildman–Crippen LogP) is 5.37. The summed E-state index contributed by atoms with van der Waals surface area (Å²) in [6.07, 6.45) is 0.239. The molecule has 0 saturated heterocycles. The highest BCUT2D eigenvalue weighted by Gasteiger charge is 2.15. The standard InChI is InChI=1S/C23H22N4O3S2/c1-3-29-19-11-7-5-9-17(19)22-26-27-23(30-22)32-14-16-13-31-21(24-16)12-20(28)25-18-10-6-4-8-15(18)2/h4-11,13H,3,12,14H2,1-2H3,(H,25,28). The van der Waals surface area contributed by atoms with Gasteiger partial charge in [-0.05, 0) is 37.6 Å². The lowest BCUT2D eigenvalue weighted by molar-refractivity contribution is -0.115. The molecule has 1 N–H and O–H groups in total. The molecule has 0 aliphatic rings. The van der Waals surface area contributed by atoms with Crippen molar-refractivity contribution >= 4 is 34.7 Å². The first-order chi connectivity index (χ1) is 15.6. The van der Waals surface area contributed by atoms with Crippen molar-refractivity contribution in [3.63, 3.8) is 0 Å². The summed E-state index contributed by atoms with van der Waals surface area (Å²) in [5.74, 6) is 1.62. The number of nitrogens with zero attached hydrogens (tertiary/aromatic N) is 3. The number of ether oxygens (including phenoxy) is 1. The Balaban J connectivity index is 1.33. The molecule has 7 nitrogen and oxygen atoms in total. The van der Waals surface area contributed by atoms with E-state index in [0.717, 1.165) is 27.5 Å². The zero-order chi connectivity index (χ0) is 22.3. The first-order valence-corrected chi connectivity index (χ1v) is 12.0. The van der Waals surface area contributed by atoms with Crippen molar-refractivity contribution in [3.05, 3.63) is 70.2 Å². The van der Waals surface area contributed by atoms with Crippen molar-refractivity contribution in [2.24, 2.45) is 0 Å². The summed E-state index contributed by atoms with van der Waals surface area (Å²) in [4.78, 5) is 16.9. The van der Waals surface area contributed by atoms with E-state index in [2.05, 4.69) is 20.5 Å². The summed E-state index contributed by atoms with van der Waals surface area (Å²) in [6.45, 7) is 4.45. The van der Waals surface area contributed by atoms with E-state index >= 15 is 0 Å². The molecule has 2 heterocycles. The Kier molecular flexibility index (Phi) is 7.18. The van der Waals surface area contributed by atoms with Gasteiger partial charge in [0, 0.05) is 16.8 Å². The van der Waals surface area contributed by atoms with Crippen LogP contribution >= 0.6 is 23.1 Å². The van der Waals surface area contributed by atoms with Crippen LogP contribution in [0.3, 0.4) is 0 Å². The summed E-state index contributed by atoms with van der Waals surface area (Å²) in [5, 5.41) is 14.4. The maximum absolute atomic E-state index is 12.3. The number of anilines is 1. The molecule has 0 bridgehead atoms. The molecule has 0 unspecified atom stereocenters. The molecule has 2 aromatic heterocycles. The Bertz CT molecular complexity index is 1210. The first-order valence-electron chi connectivity index (χ1n) is 10.1. The van der Waals surface area contributed by atoms with E-state index in [9.17, 15) is 4.79 Å². The van der Waals surface area contributed by atoms with Gasteiger partial charge in [-0.15, -0.1) is 21.5 Å². The van der Waals surface area contributed by atoms with Crippen LogP contribution < -0.4 is 10.1 Å². The van der Waals surface area contributed by atoms with E-state index in [-0.39, 0.29) is 12.3 Å². The number of aromatic nitrogens is 3. The fourth-order valence-electron chi connectivity index (χ4n) is 2.98. The lowest BCUT2D eigenvalue weighted by atomic mass is 10.2. The minimum absolute atomic E-state index is 0.0811. The van der Waals surface area contributed by atoms with Crippen LogP contribution in [0, 0.1) is 6.92 Å². The van der Waals surface area contributed by atoms with Crippen molar-refractivity contribution in [2.75, 3.05) is 11.9 Å². The molecule has 32 heavy (non-hydrogen) atoms. The van der Waals surface area contributed by atoms with Gasteiger partial charge in [-0.3, -0.25) is 4.79 Å². The molecule has 2 aromatic carbocycles. The summed E-state index contributed by atoms with van der Waals surface area (Å²) >= 11 is 2.88. The molecule has 1 amide bonds. The summed E-state index contributed by atoms with van der Waals surface area (Å²) in [5.41, 5.74) is 3.49. The van der Waals surface area contributed by atoms with Crippen LogP contribution in [0.15, 0.2) is 63.6 Å². The van der Waals surface area contributed by atoms with E-state index in [0.29, 0.717) is 29.2 Å². The van der Waals surface area contributed by atoms with Crippen LogP contribution in [0.1, 0.15) is 23.2 Å². The lowest BCUT2D eigenvalue weighted by Gasteiger charge is -2.06. The number of thioether (sulfide) groups is 1. The third-order valence-electron chi connectivity index (χ3n) is 4.50. The number of rotatable bonds is 9. The second-order valence-corrected chi connectivity index (χ2v) is 8.73. The normalized spacial score (nSPS) is 10.8. The maximum atomic E-state index is 12.3. The molecule has 0 radical (unpaired) electrons. The fourth-order valence-corrected chi connectivity index (χ4v) is 4.53. The summed E-state index contributed by atoms with van der Waals surface area (Å²) < 4.78 is 11.4. The summed E-state index contributed by atoms with van der Waals surface area (Å²) in [7, 11) is 0. The van der Waals surface area contributed by atoms with Crippen LogP contribution in [-0.2, 0) is 17.0 Å². The van der Waals surface area contributed by atoms with E-state index in [4.69, 9.17) is 9.15 Å². The molecular formula is C23H22N4O3S2. The number of para-hydroxylation sites is 2. The van der Waals surface area contributed by atoms with Crippen LogP contribution in [-0.4, -0.2) is 27.7 Å². The van der Waals surface area contributed by atoms with Gasteiger partial charge in [0.25, 0.3) is 11.1 Å². The molecule has 0 atom stereocenters. The van der Waals surface area contributed by atoms with E-state index in [1.54, 1.807) is 0 Å². The number of nitrogens with one attached hydrogen (secondary N) is 1. The highest BCUT2D eigenvalue weighted by molar-refractivity contribution is 7.98. The van der Waals surface area contributed by atoms with Gasteiger partial charge in [0.2, 0.25) is 5.91 Å². The van der Waals surface area contributed by atoms with Crippen LogP contribution in [0.4, 0.5) is 5.69 Å². The Morgan fingerprint density at radius 3 is 2.81 bits per heavy atom. The summed E-state index contributed by atoms with van der Waals surface area (Å²) in [6, 6.07) is 15.3.